The number of hydrogen-bond donors (Lipinski definition) is 1. The Morgan fingerprint density at radius 3 is 2.44 bits per heavy atom. The largest absolute Gasteiger partial charge is 0.480 e. The average Bonchev–Trinajstić information content (AvgIpc) is 2.99. The van der Waals surface area contributed by atoms with Crippen LogP contribution < -0.4 is 0 Å². The number of nitrogens with zero attached hydrogens (tertiary/aromatic N) is 3. The van der Waals surface area contributed by atoms with E-state index in [2.05, 4.69) is 5.10 Å². The maximum atomic E-state index is 13.2. The Kier molecular flexibility index (Phi) is 5.90. The molecule has 6 nitrogen and oxygen atoms in total. The van der Waals surface area contributed by atoms with E-state index in [4.69, 9.17) is 5.11 Å². The normalized spacial score (nSPS) is 10.9. The molecule has 1 aromatic carbocycles. The van der Waals surface area contributed by atoms with Crippen LogP contribution in [-0.4, -0.2) is 44.8 Å². The summed E-state index contributed by atoms with van der Waals surface area (Å²) < 4.78 is 14.8. The molecule has 1 heterocycles. The smallest absolute Gasteiger partial charge is 0.323 e. The fourth-order valence-corrected chi connectivity index (χ4v) is 2.72. The van der Waals surface area contributed by atoms with E-state index in [-0.39, 0.29) is 24.2 Å². The quantitative estimate of drug-likeness (QED) is 0.835. The van der Waals surface area contributed by atoms with Crippen LogP contribution in [0.4, 0.5) is 4.39 Å². The van der Waals surface area contributed by atoms with E-state index in [1.807, 2.05) is 20.8 Å². The third kappa shape index (κ3) is 4.23. The van der Waals surface area contributed by atoms with Crippen molar-refractivity contribution in [2.45, 2.75) is 33.1 Å². The maximum absolute atomic E-state index is 13.2. The number of halogens is 1. The molecule has 1 aromatic heterocycles. The van der Waals surface area contributed by atoms with Gasteiger partial charge in [-0.15, -0.1) is 0 Å². The number of carbonyl (C=O) groups excluding carboxylic acids is 1. The van der Waals surface area contributed by atoms with Crippen LogP contribution in [-0.2, 0) is 4.79 Å². The van der Waals surface area contributed by atoms with E-state index in [9.17, 15) is 14.0 Å². The van der Waals surface area contributed by atoms with Gasteiger partial charge in [0.2, 0.25) is 0 Å². The SMILES string of the molecule is CCCN(CC(=O)O)C(=O)c1cnn(-c2ccc(F)cc2)c1C(C)C. The highest BCUT2D eigenvalue weighted by molar-refractivity contribution is 5.97. The molecule has 25 heavy (non-hydrogen) atoms. The van der Waals surface area contributed by atoms with Gasteiger partial charge in [0.05, 0.1) is 23.1 Å². The van der Waals surface area contributed by atoms with Gasteiger partial charge in [-0.3, -0.25) is 9.59 Å². The van der Waals surface area contributed by atoms with E-state index >= 15 is 0 Å². The minimum absolute atomic E-state index is 0.0280. The van der Waals surface area contributed by atoms with Crippen LogP contribution in [0.15, 0.2) is 30.5 Å². The summed E-state index contributed by atoms with van der Waals surface area (Å²) in [5.41, 5.74) is 1.68. The lowest BCUT2D eigenvalue weighted by molar-refractivity contribution is -0.137. The van der Waals surface area contributed by atoms with Gasteiger partial charge in [-0.25, -0.2) is 9.07 Å². The summed E-state index contributed by atoms with van der Waals surface area (Å²) >= 11 is 0. The Morgan fingerprint density at radius 2 is 1.92 bits per heavy atom. The second kappa shape index (κ2) is 7.92. The zero-order chi connectivity index (χ0) is 18.6. The van der Waals surface area contributed by atoms with Crippen molar-refractivity contribution in [1.29, 1.82) is 0 Å². The molecular weight excluding hydrogens is 325 g/mol. The first-order valence-electron chi connectivity index (χ1n) is 8.20. The lowest BCUT2D eigenvalue weighted by Gasteiger charge is -2.21. The predicted octanol–water partition coefficient (Wildman–Crippen LogP) is 3.07. The molecule has 0 saturated carbocycles. The van der Waals surface area contributed by atoms with E-state index in [0.717, 1.165) is 0 Å². The van der Waals surface area contributed by atoms with Crippen LogP contribution in [0.5, 0.6) is 0 Å². The molecule has 1 amide bonds. The Labute approximate surface area is 145 Å². The minimum atomic E-state index is -1.06. The van der Waals surface area contributed by atoms with Crippen LogP contribution in [0.25, 0.3) is 5.69 Å². The molecular formula is C18H22FN3O3. The van der Waals surface area contributed by atoms with E-state index in [1.165, 1.54) is 23.2 Å². The van der Waals surface area contributed by atoms with Crippen molar-refractivity contribution in [2.75, 3.05) is 13.1 Å². The predicted molar refractivity (Wildman–Crippen MR) is 91.4 cm³/mol. The number of aromatic nitrogens is 2. The third-order valence-corrected chi connectivity index (χ3v) is 3.76. The molecule has 0 saturated heterocycles. The second-order valence-corrected chi connectivity index (χ2v) is 6.11. The first-order valence-corrected chi connectivity index (χ1v) is 8.20. The highest BCUT2D eigenvalue weighted by Crippen LogP contribution is 2.24. The fraction of sp³-hybridized carbons (Fsp3) is 0.389. The number of benzene rings is 1. The highest BCUT2D eigenvalue weighted by Gasteiger charge is 2.25. The van der Waals surface area contributed by atoms with Gasteiger partial charge in [-0.1, -0.05) is 20.8 Å². The number of aliphatic carboxylic acids is 1. The lowest BCUT2D eigenvalue weighted by Crippen LogP contribution is -2.36. The molecule has 1 N–H and O–H groups in total. The van der Waals surface area contributed by atoms with Crippen molar-refractivity contribution in [3.63, 3.8) is 0 Å². The molecule has 0 spiro atoms. The number of carbonyl (C=O) groups is 2. The maximum Gasteiger partial charge on any atom is 0.323 e. The van der Waals surface area contributed by atoms with Gasteiger partial charge in [0.1, 0.15) is 12.4 Å². The Bertz CT molecular complexity index is 753. The summed E-state index contributed by atoms with van der Waals surface area (Å²) in [6, 6.07) is 5.83. The molecule has 0 atom stereocenters. The standard InChI is InChI=1S/C18H22FN3O3/c1-4-9-21(11-16(23)24)18(25)15-10-20-22(17(15)12(2)3)14-7-5-13(19)6-8-14/h5-8,10,12H,4,9,11H2,1-3H3,(H,23,24). The Morgan fingerprint density at radius 1 is 1.28 bits per heavy atom. The molecule has 2 aromatic rings. The monoisotopic (exact) mass is 347 g/mol. The van der Waals surface area contributed by atoms with Crippen molar-refractivity contribution < 1.29 is 19.1 Å². The number of carboxylic acids is 1. The van der Waals surface area contributed by atoms with Gasteiger partial charge in [0, 0.05) is 6.54 Å². The third-order valence-electron chi connectivity index (χ3n) is 3.76. The summed E-state index contributed by atoms with van der Waals surface area (Å²) in [4.78, 5) is 25.2. The van der Waals surface area contributed by atoms with Gasteiger partial charge in [-0.05, 0) is 36.6 Å². The first kappa shape index (κ1) is 18.6. The van der Waals surface area contributed by atoms with Crippen LogP contribution in [0, 0.1) is 5.82 Å². The number of amides is 1. The zero-order valence-electron chi connectivity index (χ0n) is 14.6. The summed E-state index contributed by atoms with van der Waals surface area (Å²) in [6.45, 7) is 5.73. The molecule has 134 valence electrons. The van der Waals surface area contributed by atoms with E-state index in [0.29, 0.717) is 29.9 Å². The van der Waals surface area contributed by atoms with Gasteiger partial charge in [0.15, 0.2) is 0 Å². The average molecular weight is 347 g/mol. The van der Waals surface area contributed by atoms with Crippen molar-refractivity contribution in [1.82, 2.24) is 14.7 Å². The van der Waals surface area contributed by atoms with Gasteiger partial charge in [-0.2, -0.15) is 5.10 Å². The van der Waals surface area contributed by atoms with Crippen molar-refractivity contribution >= 4 is 11.9 Å². The van der Waals surface area contributed by atoms with Crippen LogP contribution in [0.3, 0.4) is 0 Å². The van der Waals surface area contributed by atoms with Crippen molar-refractivity contribution in [3.05, 3.63) is 47.5 Å². The topological polar surface area (TPSA) is 75.4 Å². The molecule has 0 fully saturated rings. The summed E-state index contributed by atoms with van der Waals surface area (Å²) in [6.07, 6.45) is 2.10. The van der Waals surface area contributed by atoms with Crippen LogP contribution >= 0.6 is 0 Å². The summed E-state index contributed by atoms with van der Waals surface area (Å²) in [5, 5.41) is 13.3. The highest BCUT2D eigenvalue weighted by atomic mass is 19.1. The molecule has 0 aliphatic rings. The van der Waals surface area contributed by atoms with Gasteiger partial charge < -0.3 is 10.0 Å². The number of rotatable bonds is 7. The van der Waals surface area contributed by atoms with E-state index < -0.39 is 5.97 Å². The van der Waals surface area contributed by atoms with Crippen LogP contribution in [0.2, 0.25) is 0 Å². The molecule has 2 rings (SSSR count). The molecule has 7 heteroatoms. The van der Waals surface area contributed by atoms with E-state index in [1.54, 1.807) is 16.8 Å². The molecule has 0 aliphatic carbocycles. The van der Waals surface area contributed by atoms with Gasteiger partial charge >= 0.3 is 5.97 Å². The lowest BCUT2D eigenvalue weighted by atomic mass is 10.0. The minimum Gasteiger partial charge on any atom is -0.480 e. The first-order chi connectivity index (χ1) is 11.8. The summed E-state index contributed by atoms with van der Waals surface area (Å²) in [7, 11) is 0. The Balaban J connectivity index is 2.45. The molecule has 0 aliphatic heterocycles. The zero-order valence-corrected chi connectivity index (χ0v) is 14.6. The fourth-order valence-electron chi connectivity index (χ4n) is 2.72. The number of carboxylic acid groups (broad SMARTS) is 1. The second-order valence-electron chi connectivity index (χ2n) is 6.11. The van der Waals surface area contributed by atoms with Crippen LogP contribution in [0.1, 0.15) is 49.2 Å². The molecule has 0 bridgehead atoms. The molecule has 0 unspecified atom stereocenters. The van der Waals surface area contributed by atoms with Gasteiger partial charge in [0.25, 0.3) is 5.91 Å². The summed E-state index contributed by atoms with van der Waals surface area (Å²) in [5.74, 6) is -1.80. The van der Waals surface area contributed by atoms with Crippen molar-refractivity contribution in [2.24, 2.45) is 0 Å². The van der Waals surface area contributed by atoms with Crippen molar-refractivity contribution in [3.8, 4) is 5.69 Å². The number of hydrogen-bond acceptors (Lipinski definition) is 3. The molecule has 0 radical (unpaired) electrons. The Hall–Kier alpha value is -2.70.